The summed E-state index contributed by atoms with van der Waals surface area (Å²) in [4.78, 5) is 22.2. The number of nitrogen functional groups attached to an aromatic ring is 3. The second-order valence-electron chi connectivity index (χ2n) is 22.0. The number of nitro benzene ring substituents is 1. The van der Waals surface area contributed by atoms with Crippen LogP contribution in [0.15, 0.2) is 183 Å². The van der Waals surface area contributed by atoms with E-state index in [1.54, 1.807) is 123 Å². The fraction of sp³-hybridized carbons (Fsp3) is 0.147. The van der Waals surface area contributed by atoms with Gasteiger partial charge in [-0.15, -0.1) is 30.6 Å². The highest BCUT2D eigenvalue weighted by Gasteiger charge is 2.35. The summed E-state index contributed by atoms with van der Waals surface area (Å²) in [6.07, 6.45) is -12.3. The van der Waals surface area contributed by atoms with Gasteiger partial charge in [-0.05, 0) is 162 Å². The fourth-order valence-electron chi connectivity index (χ4n) is 9.13. The topological polar surface area (TPSA) is 384 Å². The second-order valence-corrected chi connectivity index (χ2v) is 27.8. The Bertz CT molecular complexity index is 5130. The van der Waals surface area contributed by atoms with Crippen molar-refractivity contribution in [3.8, 4) is 45.7 Å². The maximum atomic E-state index is 13.5. The van der Waals surface area contributed by atoms with Crippen LogP contribution in [0, 0.1) is 35.4 Å². The lowest BCUT2D eigenvalue weighted by atomic mass is 9.80. The predicted molar refractivity (Wildman–Crippen MR) is 398 cm³/mol. The number of nitrogens with one attached hydrogen (secondary N) is 1. The van der Waals surface area contributed by atoms with Gasteiger partial charge in [0.25, 0.3) is 5.69 Å². The van der Waals surface area contributed by atoms with Crippen molar-refractivity contribution < 1.29 is 73.3 Å². The van der Waals surface area contributed by atoms with Crippen LogP contribution in [0.2, 0.25) is 0 Å². The van der Waals surface area contributed by atoms with E-state index in [9.17, 15) is 54.2 Å². The van der Waals surface area contributed by atoms with E-state index in [2.05, 4.69) is 123 Å². The van der Waals surface area contributed by atoms with Gasteiger partial charge in [0.05, 0.1) is 42.9 Å². The van der Waals surface area contributed by atoms with Gasteiger partial charge < -0.3 is 57.1 Å². The third-order valence-electron chi connectivity index (χ3n) is 14.1. The van der Waals surface area contributed by atoms with E-state index in [0.717, 1.165) is 51.7 Å². The van der Waals surface area contributed by atoms with Crippen LogP contribution >= 0.6 is 54.9 Å². The highest BCUT2D eigenvalue weighted by molar-refractivity contribution is 9.11. The molecular weight excluding hydrogens is 1620 g/mol. The number of aromatic nitrogens is 9. The van der Waals surface area contributed by atoms with Crippen LogP contribution in [0.25, 0.3) is 55.4 Å². The van der Waals surface area contributed by atoms with E-state index in [4.69, 9.17) is 46.7 Å². The maximum Gasteiger partial charge on any atom is 0.492 e. The highest BCUT2D eigenvalue weighted by Crippen LogP contribution is 2.42. The standard InChI is InChI=1S/C23H20F3N4O2P.C15H11F3N4O.C8H4BrF3N4.C7H9BO3.C7H7BrN2O2.C7H7Br.CH2N2/c1-32-20-7-5-4-6-17(20)18-12-14(23(24,25)26)13-19-21(18)28-22(30-29-19)27-15-8-10-16(11-9-15)33(2,3)31;1-23-12-5-3-2-4-9(12)10-6-8(15(16,17)18)7-11-13(10)20-14(19)22-21-11;9-4-1-3(8(10,11)12)2-5-6(4)14-7(13)16-15-5;1-11-7-5-3-2-4-6(7)8(9)10;1-4-2-5(8)7(9)6(3-4)10(11)12;1-6-2-4-7(8)5-3-6;2-1-3/h4-13H,1-3H3,(H,27,28,30);2-7H,1H3,(H2,19,20,22);1-2H,(H2,13,14,16);2-5,9-10H,1H3;2-3H,9H2,1H3;2-5H,1H3;2H2. The van der Waals surface area contributed by atoms with Crippen LogP contribution < -0.4 is 53.2 Å². The van der Waals surface area contributed by atoms with Gasteiger partial charge in [0.2, 0.25) is 17.8 Å². The Kier molecular flexibility index (Phi) is 29.5. The summed E-state index contributed by atoms with van der Waals surface area (Å²) in [5.74, 6) is 1.22. The molecule has 0 bridgehead atoms. The van der Waals surface area contributed by atoms with Crippen LogP contribution in [-0.2, 0) is 23.1 Å². The molecule has 9 aromatic carbocycles. The van der Waals surface area contributed by atoms with E-state index < -0.39 is 54.4 Å². The molecule has 552 valence electrons. The molecule has 24 nitrogen and oxygen atoms in total. The number of benzene rings is 9. The molecule has 0 radical (unpaired) electrons. The first-order valence-corrected chi connectivity index (χ1v) is 34.9. The molecule has 0 saturated heterocycles. The lowest BCUT2D eigenvalue weighted by molar-refractivity contribution is -0.384. The van der Waals surface area contributed by atoms with Crippen molar-refractivity contribution >= 4 is 141 Å². The van der Waals surface area contributed by atoms with Gasteiger partial charge in [0.1, 0.15) is 63.2 Å². The molecule has 3 aromatic heterocycles. The average molecular weight is 1680 g/mol. The zero-order valence-corrected chi connectivity index (χ0v) is 62.0. The minimum absolute atomic E-state index is 0.00420. The molecule has 0 aliphatic heterocycles. The third kappa shape index (κ3) is 23.6. The van der Waals surface area contributed by atoms with E-state index in [1.165, 1.54) is 39.2 Å². The normalized spacial score (nSPS) is 10.9. The lowest BCUT2D eigenvalue weighted by Gasteiger charge is -2.14. The molecule has 38 heteroatoms. The van der Waals surface area contributed by atoms with Gasteiger partial charge in [-0.2, -0.15) is 44.8 Å². The highest BCUT2D eigenvalue weighted by atomic mass is 79.9. The second kappa shape index (κ2) is 37.2. The first-order chi connectivity index (χ1) is 49.8. The Balaban J connectivity index is 0.000000211. The van der Waals surface area contributed by atoms with Gasteiger partial charge in [0.15, 0.2) is 6.19 Å². The molecule has 0 amide bonds. The number of methoxy groups -OCH3 is 3. The molecule has 0 atom stereocenters. The minimum atomic E-state index is -4.57. The summed E-state index contributed by atoms with van der Waals surface area (Å²) in [5, 5.41) is 61.0. The molecule has 0 aliphatic rings. The number of fused-ring (bicyclic) bond motifs is 3. The monoisotopic (exact) mass is 1680 g/mol. The first-order valence-electron chi connectivity index (χ1n) is 30.0. The number of hydrogen-bond donors (Lipinski definition) is 7. The number of anilines is 5. The zero-order valence-electron chi connectivity index (χ0n) is 56.3. The minimum Gasteiger partial charge on any atom is -0.497 e. The third-order valence-corrected chi connectivity index (χ3v) is 17.4. The molecular formula is C68H60BBr3F9N16O8P. The van der Waals surface area contributed by atoms with Crippen molar-refractivity contribution in [3.63, 3.8) is 0 Å². The summed E-state index contributed by atoms with van der Waals surface area (Å²) >= 11 is 9.47. The Morgan fingerprint density at radius 3 is 1.38 bits per heavy atom. The zero-order chi connectivity index (χ0) is 78.6. The Morgan fingerprint density at radius 1 is 0.538 bits per heavy atom. The number of para-hydroxylation sites is 3. The summed E-state index contributed by atoms with van der Waals surface area (Å²) in [5.41, 5.74) is 23.3. The van der Waals surface area contributed by atoms with Crippen LogP contribution in [0.5, 0.6) is 17.2 Å². The summed E-state index contributed by atoms with van der Waals surface area (Å²) in [6, 6.07) is 44.3. The smallest absolute Gasteiger partial charge is 0.492 e. The Hall–Kier alpha value is -10.9. The Morgan fingerprint density at radius 2 is 0.953 bits per heavy atom. The van der Waals surface area contributed by atoms with E-state index in [0.29, 0.717) is 44.0 Å². The fourth-order valence-corrected chi connectivity index (χ4v) is 11.4. The van der Waals surface area contributed by atoms with Crippen LogP contribution in [0.1, 0.15) is 27.8 Å². The number of hydrogen-bond acceptors (Lipinski definition) is 23. The van der Waals surface area contributed by atoms with Gasteiger partial charge in [-0.3, -0.25) is 10.1 Å². The number of nitrogens with two attached hydrogens (primary N) is 4. The first kappa shape index (κ1) is 84.0. The average Bonchev–Trinajstić information content (AvgIpc) is 0.771. The van der Waals surface area contributed by atoms with E-state index in [-0.39, 0.29) is 77.9 Å². The SMILES string of the molecule is COc1ccccc1-c1cc(C(F)(F)F)cc2nnc(N)nc12.COc1ccccc1-c1cc(C(F)(F)F)cc2nnc(Nc3ccc(P(C)(C)=O)cc3)nc12.COc1ccccc1B(O)O.Cc1cc(Br)c(N)c([N+](=O)[O-])c1.Cc1ccc(Br)cc1.N#CN.Nc1nnc2cc(C(F)(F)F)cc(Br)c2n1. The van der Waals surface area contributed by atoms with Crippen LogP contribution in [-0.4, -0.2) is 102 Å². The van der Waals surface area contributed by atoms with E-state index >= 15 is 0 Å². The van der Waals surface area contributed by atoms with Crippen molar-refractivity contribution in [1.29, 1.82) is 5.26 Å². The lowest BCUT2D eigenvalue weighted by Crippen LogP contribution is -2.30. The molecule has 3 heterocycles. The quantitative estimate of drug-likeness (QED) is 0.00977. The van der Waals surface area contributed by atoms with E-state index in [1.807, 2.05) is 12.1 Å². The molecule has 11 N–H and O–H groups in total. The largest absolute Gasteiger partial charge is 0.497 e. The van der Waals surface area contributed by atoms with Gasteiger partial charge in [-0.1, -0.05) is 88.2 Å². The number of nitro groups is 1. The van der Waals surface area contributed by atoms with Gasteiger partial charge in [0, 0.05) is 58.2 Å². The summed E-state index contributed by atoms with van der Waals surface area (Å²) in [7, 11) is 0.515. The summed E-state index contributed by atoms with van der Waals surface area (Å²) < 4.78 is 147. The molecule has 0 aliphatic carbocycles. The molecule has 0 fully saturated rings. The van der Waals surface area contributed by atoms with Gasteiger partial charge >= 0.3 is 25.6 Å². The van der Waals surface area contributed by atoms with Crippen molar-refractivity contribution in [2.24, 2.45) is 5.73 Å². The Labute approximate surface area is 623 Å². The number of aryl methyl sites for hydroxylation is 2. The molecule has 12 aromatic rings. The number of halogens is 12. The molecule has 0 unspecified atom stereocenters. The van der Waals surface area contributed by atoms with Crippen LogP contribution in [0.3, 0.4) is 0 Å². The van der Waals surface area contributed by atoms with Crippen molar-refractivity contribution in [2.75, 3.05) is 57.2 Å². The molecule has 12 rings (SSSR count). The molecule has 106 heavy (non-hydrogen) atoms. The summed E-state index contributed by atoms with van der Waals surface area (Å²) in [6.45, 7) is 7.21. The predicted octanol–water partition coefficient (Wildman–Crippen LogP) is 15.2. The maximum absolute atomic E-state index is 13.5. The van der Waals surface area contributed by atoms with Gasteiger partial charge in [-0.25, -0.2) is 15.0 Å². The number of nitrogens with zero attached hydrogens (tertiary/aromatic N) is 11. The molecule has 0 spiro atoms. The number of nitriles is 1. The number of ether oxygens (including phenoxy) is 3. The van der Waals surface area contributed by atoms with Crippen molar-refractivity contribution in [1.82, 2.24) is 45.5 Å². The number of alkyl halides is 9. The van der Waals surface area contributed by atoms with Crippen molar-refractivity contribution in [2.45, 2.75) is 32.4 Å². The number of rotatable bonds is 10. The molecule has 0 saturated carbocycles. The van der Waals surface area contributed by atoms with Crippen molar-refractivity contribution in [3.05, 3.63) is 221 Å². The van der Waals surface area contributed by atoms with Crippen LogP contribution in [0.4, 0.5) is 74.4 Å².